The average Bonchev–Trinajstić information content (AvgIpc) is 2.26. The minimum Gasteiger partial charge on any atom is -0.459 e. The van der Waals surface area contributed by atoms with E-state index < -0.39 is 0 Å². The molecule has 0 amide bonds. The second kappa shape index (κ2) is 6.12. The predicted molar refractivity (Wildman–Crippen MR) is 62.2 cm³/mol. The van der Waals surface area contributed by atoms with Crippen LogP contribution in [0.4, 0.5) is 5.69 Å². The topological polar surface area (TPSA) is 61.5 Å². The smallest absolute Gasteiger partial charge is 0.338 e. The van der Waals surface area contributed by atoms with E-state index in [1.54, 1.807) is 31.4 Å². The zero-order chi connectivity index (χ0) is 12.0. The number of ether oxygens (including phenoxy) is 2. The molecule has 0 aliphatic carbocycles. The first-order chi connectivity index (χ1) is 7.63. The van der Waals surface area contributed by atoms with Crippen molar-refractivity contribution in [2.75, 3.05) is 19.5 Å². The van der Waals surface area contributed by atoms with E-state index in [-0.39, 0.29) is 12.1 Å². The van der Waals surface area contributed by atoms with Crippen molar-refractivity contribution in [1.82, 2.24) is 0 Å². The number of hydrogen-bond donors (Lipinski definition) is 1. The highest BCUT2D eigenvalue weighted by Crippen LogP contribution is 2.10. The molecule has 0 radical (unpaired) electrons. The highest BCUT2D eigenvalue weighted by molar-refractivity contribution is 5.90. The van der Waals surface area contributed by atoms with Crippen LogP contribution in [0.3, 0.4) is 0 Å². The van der Waals surface area contributed by atoms with Crippen LogP contribution in [0.2, 0.25) is 0 Å². The summed E-state index contributed by atoms with van der Waals surface area (Å²) in [7, 11) is 1.62. The van der Waals surface area contributed by atoms with Crippen molar-refractivity contribution in [1.29, 1.82) is 0 Å². The molecule has 2 N–H and O–H groups in total. The number of carbonyl (C=O) groups excluding carboxylic acids is 1. The molecule has 0 aliphatic rings. The van der Waals surface area contributed by atoms with E-state index in [4.69, 9.17) is 15.2 Å². The van der Waals surface area contributed by atoms with Crippen LogP contribution in [-0.2, 0) is 9.47 Å². The Morgan fingerprint density at radius 2 is 2.25 bits per heavy atom. The minimum absolute atomic E-state index is 0.158. The van der Waals surface area contributed by atoms with Gasteiger partial charge in [0.2, 0.25) is 0 Å². The van der Waals surface area contributed by atoms with Crippen LogP contribution in [-0.4, -0.2) is 25.8 Å². The van der Waals surface area contributed by atoms with Gasteiger partial charge in [0.25, 0.3) is 0 Å². The first kappa shape index (κ1) is 12.5. The number of nitrogens with two attached hydrogens (primary N) is 1. The molecular formula is C12H17NO3. The van der Waals surface area contributed by atoms with Crippen molar-refractivity contribution >= 4 is 11.7 Å². The maximum atomic E-state index is 11.7. The molecule has 1 aromatic carbocycles. The molecular weight excluding hydrogens is 206 g/mol. The molecule has 0 aromatic heterocycles. The molecule has 88 valence electrons. The lowest BCUT2D eigenvalue weighted by molar-refractivity contribution is 0.0267. The van der Waals surface area contributed by atoms with Crippen LogP contribution >= 0.6 is 0 Å². The van der Waals surface area contributed by atoms with Gasteiger partial charge in [0.05, 0.1) is 5.56 Å². The first-order valence-corrected chi connectivity index (χ1v) is 5.19. The van der Waals surface area contributed by atoms with Gasteiger partial charge in [-0.05, 0) is 25.1 Å². The Labute approximate surface area is 95.3 Å². The predicted octanol–water partition coefficient (Wildman–Crippen LogP) is 1.85. The van der Waals surface area contributed by atoms with E-state index in [2.05, 4.69) is 0 Å². The monoisotopic (exact) mass is 223 g/mol. The van der Waals surface area contributed by atoms with Gasteiger partial charge in [0, 0.05) is 25.8 Å². The number of methoxy groups -OCH3 is 1. The fourth-order valence-electron chi connectivity index (χ4n) is 1.26. The maximum Gasteiger partial charge on any atom is 0.338 e. The van der Waals surface area contributed by atoms with E-state index in [1.165, 1.54) is 0 Å². The summed E-state index contributed by atoms with van der Waals surface area (Å²) < 4.78 is 10.1. The number of esters is 1. The second-order valence-electron chi connectivity index (χ2n) is 3.62. The van der Waals surface area contributed by atoms with Crippen LogP contribution in [0.25, 0.3) is 0 Å². The second-order valence-corrected chi connectivity index (χ2v) is 3.62. The van der Waals surface area contributed by atoms with Gasteiger partial charge in [-0.3, -0.25) is 0 Å². The molecule has 0 aliphatic heterocycles. The van der Waals surface area contributed by atoms with Crippen LogP contribution in [0.15, 0.2) is 24.3 Å². The van der Waals surface area contributed by atoms with Gasteiger partial charge in [-0.25, -0.2) is 4.79 Å². The van der Waals surface area contributed by atoms with Crippen molar-refractivity contribution in [3.8, 4) is 0 Å². The summed E-state index contributed by atoms with van der Waals surface area (Å²) >= 11 is 0. The lowest BCUT2D eigenvalue weighted by atomic mass is 10.2. The maximum absolute atomic E-state index is 11.7. The number of hydrogen-bond acceptors (Lipinski definition) is 4. The van der Waals surface area contributed by atoms with E-state index in [0.29, 0.717) is 24.3 Å². The third-order valence-electron chi connectivity index (χ3n) is 2.16. The molecule has 0 saturated carbocycles. The Kier molecular flexibility index (Phi) is 4.79. The summed E-state index contributed by atoms with van der Waals surface area (Å²) in [5.74, 6) is -0.351. The fourth-order valence-corrected chi connectivity index (χ4v) is 1.26. The van der Waals surface area contributed by atoms with E-state index >= 15 is 0 Å². The van der Waals surface area contributed by atoms with Crippen LogP contribution in [0.5, 0.6) is 0 Å². The van der Waals surface area contributed by atoms with E-state index in [9.17, 15) is 4.79 Å². The van der Waals surface area contributed by atoms with Crippen molar-refractivity contribution in [2.45, 2.75) is 19.4 Å². The summed E-state index contributed by atoms with van der Waals surface area (Å²) in [6, 6.07) is 6.74. The molecule has 1 aromatic rings. The molecule has 1 rings (SSSR count). The molecule has 0 bridgehead atoms. The average molecular weight is 223 g/mol. The number of nitrogen functional groups attached to an aromatic ring is 1. The molecule has 0 saturated heterocycles. The molecule has 4 nitrogen and oxygen atoms in total. The molecule has 0 heterocycles. The van der Waals surface area contributed by atoms with E-state index in [0.717, 1.165) is 0 Å². The van der Waals surface area contributed by atoms with Gasteiger partial charge in [-0.15, -0.1) is 0 Å². The number of anilines is 1. The standard InChI is InChI=1S/C12H17NO3/c1-9(6-7-15-2)16-12(14)10-4-3-5-11(13)8-10/h3-5,8-9H,6-7,13H2,1-2H3. The number of rotatable bonds is 5. The SMILES string of the molecule is COCCC(C)OC(=O)c1cccc(N)c1. The molecule has 1 atom stereocenters. The lowest BCUT2D eigenvalue weighted by Gasteiger charge is -2.12. The highest BCUT2D eigenvalue weighted by atomic mass is 16.5. The fraction of sp³-hybridized carbons (Fsp3) is 0.417. The summed E-state index contributed by atoms with van der Waals surface area (Å²) in [4.78, 5) is 11.7. The van der Waals surface area contributed by atoms with Crippen LogP contribution < -0.4 is 5.73 Å². The lowest BCUT2D eigenvalue weighted by Crippen LogP contribution is -2.16. The molecule has 0 fully saturated rings. The molecule has 16 heavy (non-hydrogen) atoms. The van der Waals surface area contributed by atoms with Gasteiger partial charge in [0.1, 0.15) is 6.10 Å². The van der Waals surface area contributed by atoms with E-state index in [1.807, 2.05) is 6.92 Å². The van der Waals surface area contributed by atoms with Crippen molar-refractivity contribution in [3.05, 3.63) is 29.8 Å². The van der Waals surface area contributed by atoms with Gasteiger partial charge >= 0.3 is 5.97 Å². The number of benzene rings is 1. The van der Waals surface area contributed by atoms with Crippen molar-refractivity contribution in [2.24, 2.45) is 0 Å². The van der Waals surface area contributed by atoms with Crippen molar-refractivity contribution in [3.63, 3.8) is 0 Å². The third kappa shape index (κ3) is 3.90. The zero-order valence-electron chi connectivity index (χ0n) is 9.60. The Balaban J connectivity index is 2.52. The van der Waals surface area contributed by atoms with Gasteiger partial charge in [-0.1, -0.05) is 6.07 Å². The molecule has 1 unspecified atom stereocenters. The van der Waals surface area contributed by atoms with Gasteiger partial charge < -0.3 is 15.2 Å². The van der Waals surface area contributed by atoms with Crippen LogP contribution in [0, 0.1) is 0 Å². The Bertz CT molecular complexity index is 352. The summed E-state index contributed by atoms with van der Waals surface area (Å²) in [5, 5.41) is 0. The quantitative estimate of drug-likeness (QED) is 0.611. The summed E-state index contributed by atoms with van der Waals surface area (Å²) in [6.07, 6.45) is 0.527. The first-order valence-electron chi connectivity index (χ1n) is 5.19. The summed E-state index contributed by atoms with van der Waals surface area (Å²) in [6.45, 7) is 2.41. The highest BCUT2D eigenvalue weighted by Gasteiger charge is 2.11. The Hall–Kier alpha value is -1.55. The van der Waals surface area contributed by atoms with Crippen LogP contribution in [0.1, 0.15) is 23.7 Å². The normalized spacial score (nSPS) is 12.1. The van der Waals surface area contributed by atoms with Crippen molar-refractivity contribution < 1.29 is 14.3 Å². The zero-order valence-corrected chi connectivity index (χ0v) is 9.60. The summed E-state index contributed by atoms with van der Waals surface area (Å²) in [5.41, 5.74) is 6.61. The Morgan fingerprint density at radius 3 is 2.88 bits per heavy atom. The minimum atomic E-state index is -0.351. The van der Waals surface area contributed by atoms with Gasteiger partial charge in [0.15, 0.2) is 0 Å². The Morgan fingerprint density at radius 1 is 1.50 bits per heavy atom. The molecule has 4 heteroatoms. The van der Waals surface area contributed by atoms with Gasteiger partial charge in [-0.2, -0.15) is 0 Å². The number of carbonyl (C=O) groups is 1. The largest absolute Gasteiger partial charge is 0.459 e. The third-order valence-corrected chi connectivity index (χ3v) is 2.16. The molecule has 0 spiro atoms.